The fourth-order valence-corrected chi connectivity index (χ4v) is 2.01. The second kappa shape index (κ2) is 6.20. The topological polar surface area (TPSA) is 35.2 Å². The van der Waals surface area contributed by atoms with Gasteiger partial charge in [0.1, 0.15) is 24.0 Å². The molecule has 0 aromatic heterocycles. The molecule has 20 heavy (non-hydrogen) atoms. The Morgan fingerprint density at radius 2 is 1.95 bits per heavy atom. The lowest BCUT2D eigenvalue weighted by Crippen LogP contribution is -2.09. The van der Waals surface area contributed by atoms with Crippen molar-refractivity contribution in [3.63, 3.8) is 0 Å². The summed E-state index contributed by atoms with van der Waals surface area (Å²) in [6.07, 6.45) is 0. The Balaban J connectivity index is 2.22. The molecule has 0 amide bonds. The van der Waals surface area contributed by atoms with E-state index in [1.807, 2.05) is 0 Å². The van der Waals surface area contributed by atoms with E-state index in [0.29, 0.717) is 21.9 Å². The Hall–Kier alpha value is -1.65. The van der Waals surface area contributed by atoms with Crippen LogP contribution in [-0.2, 0) is 6.61 Å². The van der Waals surface area contributed by atoms with Crippen LogP contribution in [0.1, 0.15) is 24.1 Å². The zero-order chi connectivity index (χ0) is 14.7. The largest absolute Gasteiger partial charge is 0.488 e. The van der Waals surface area contributed by atoms with Gasteiger partial charge in [-0.3, -0.25) is 0 Å². The fourth-order valence-electron chi connectivity index (χ4n) is 1.82. The van der Waals surface area contributed by atoms with Crippen molar-refractivity contribution in [3.8, 4) is 5.75 Å². The molecule has 0 unspecified atom stereocenters. The number of halogens is 3. The first kappa shape index (κ1) is 14.8. The molecule has 2 N–H and O–H groups in total. The van der Waals surface area contributed by atoms with Gasteiger partial charge in [-0.25, -0.2) is 8.78 Å². The first-order chi connectivity index (χ1) is 9.47. The maximum Gasteiger partial charge on any atom is 0.129 e. The zero-order valence-corrected chi connectivity index (χ0v) is 11.6. The van der Waals surface area contributed by atoms with Crippen molar-refractivity contribution in [2.24, 2.45) is 5.73 Å². The molecule has 0 aliphatic heterocycles. The fraction of sp³-hybridized carbons (Fsp3) is 0.200. The van der Waals surface area contributed by atoms with Crippen molar-refractivity contribution in [2.75, 3.05) is 0 Å². The van der Waals surface area contributed by atoms with Crippen LogP contribution in [0.15, 0.2) is 36.4 Å². The molecule has 5 heteroatoms. The van der Waals surface area contributed by atoms with Gasteiger partial charge in [0.2, 0.25) is 0 Å². The van der Waals surface area contributed by atoms with Crippen molar-refractivity contribution in [1.29, 1.82) is 0 Å². The summed E-state index contributed by atoms with van der Waals surface area (Å²) >= 11 is 5.80. The van der Waals surface area contributed by atoms with Crippen LogP contribution in [-0.4, -0.2) is 0 Å². The highest BCUT2D eigenvalue weighted by Gasteiger charge is 2.11. The third-order valence-electron chi connectivity index (χ3n) is 2.86. The Morgan fingerprint density at radius 3 is 2.65 bits per heavy atom. The number of ether oxygens (including phenoxy) is 1. The molecule has 2 nitrogen and oxygen atoms in total. The van der Waals surface area contributed by atoms with Gasteiger partial charge in [-0.15, -0.1) is 0 Å². The van der Waals surface area contributed by atoms with E-state index in [9.17, 15) is 8.78 Å². The molecule has 0 saturated heterocycles. The second-order valence-electron chi connectivity index (χ2n) is 4.50. The van der Waals surface area contributed by atoms with Crippen LogP contribution in [0.5, 0.6) is 5.75 Å². The first-order valence-corrected chi connectivity index (χ1v) is 6.47. The van der Waals surface area contributed by atoms with Gasteiger partial charge in [0, 0.05) is 28.3 Å². The van der Waals surface area contributed by atoms with Crippen LogP contribution in [0.2, 0.25) is 5.02 Å². The summed E-state index contributed by atoms with van der Waals surface area (Å²) in [5.74, 6) is -0.552. The van der Waals surface area contributed by atoms with Crippen LogP contribution >= 0.6 is 11.6 Å². The van der Waals surface area contributed by atoms with Crippen LogP contribution in [0.25, 0.3) is 0 Å². The van der Waals surface area contributed by atoms with Gasteiger partial charge >= 0.3 is 0 Å². The van der Waals surface area contributed by atoms with Crippen LogP contribution in [0.4, 0.5) is 8.78 Å². The molecule has 0 aliphatic rings. The average molecular weight is 298 g/mol. The second-order valence-corrected chi connectivity index (χ2v) is 4.93. The van der Waals surface area contributed by atoms with E-state index in [1.165, 1.54) is 30.3 Å². The third kappa shape index (κ3) is 3.46. The average Bonchev–Trinajstić information content (AvgIpc) is 2.39. The predicted molar refractivity (Wildman–Crippen MR) is 74.7 cm³/mol. The predicted octanol–water partition coefficient (Wildman–Crippen LogP) is 4.22. The third-order valence-corrected chi connectivity index (χ3v) is 3.09. The van der Waals surface area contributed by atoms with Gasteiger partial charge in [0.25, 0.3) is 0 Å². The van der Waals surface area contributed by atoms with E-state index in [2.05, 4.69) is 0 Å². The highest BCUT2D eigenvalue weighted by Crippen LogP contribution is 2.26. The Morgan fingerprint density at radius 1 is 1.20 bits per heavy atom. The molecule has 0 aliphatic carbocycles. The highest BCUT2D eigenvalue weighted by atomic mass is 35.5. The summed E-state index contributed by atoms with van der Waals surface area (Å²) < 4.78 is 32.3. The van der Waals surface area contributed by atoms with E-state index in [-0.39, 0.29) is 12.6 Å². The molecule has 0 saturated carbocycles. The van der Waals surface area contributed by atoms with Crippen LogP contribution in [0, 0.1) is 11.6 Å². The smallest absolute Gasteiger partial charge is 0.129 e. The minimum Gasteiger partial charge on any atom is -0.488 e. The quantitative estimate of drug-likeness (QED) is 0.917. The number of benzene rings is 2. The summed E-state index contributed by atoms with van der Waals surface area (Å²) in [5, 5.41) is 0.414. The summed E-state index contributed by atoms with van der Waals surface area (Å²) in [7, 11) is 0. The summed E-state index contributed by atoms with van der Waals surface area (Å²) in [6, 6.07) is 7.99. The molecule has 106 valence electrons. The number of hydrogen-bond acceptors (Lipinski definition) is 2. The highest BCUT2D eigenvalue weighted by molar-refractivity contribution is 6.30. The summed E-state index contributed by atoms with van der Waals surface area (Å²) in [6.45, 7) is 1.72. The van der Waals surface area contributed by atoms with Crippen molar-refractivity contribution in [1.82, 2.24) is 0 Å². The maximum atomic E-state index is 13.6. The standard InChI is InChI=1S/C15H14ClF2NO/c1-9(19)13-4-3-12(17)7-15(13)20-8-10-6-11(16)2-5-14(10)18/h2-7,9H,8,19H2,1H3/t9-/m0/s1. The van der Waals surface area contributed by atoms with Gasteiger partial charge < -0.3 is 10.5 Å². The molecule has 2 aromatic carbocycles. The van der Waals surface area contributed by atoms with Crippen molar-refractivity contribution in [3.05, 3.63) is 64.2 Å². The summed E-state index contributed by atoms with van der Waals surface area (Å²) in [4.78, 5) is 0. The number of rotatable bonds is 4. The monoisotopic (exact) mass is 297 g/mol. The first-order valence-electron chi connectivity index (χ1n) is 6.09. The zero-order valence-electron chi connectivity index (χ0n) is 10.9. The molecule has 0 fully saturated rings. The van der Waals surface area contributed by atoms with E-state index < -0.39 is 11.6 Å². The van der Waals surface area contributed by atoms with Gasteiger partial charge in [-0.05, 0) is 31.2 Å². The molecule has 2 rings (SSSR count). The minimum absolute atomic E-state index is 0.0461. The molecule has 2 aromatic rings. The number of nitrogens with two attached hydrogens (primary N) is 1. The Labute approximate surface area is 121 Å². The van der Waals surface area contributed by atoms with E-state index in [0.717, 1.165) is 0 Å². The minimum atomic E-state index is -0.434. The van der Waals surface area contributed by atoms with Crippen LogP contribution < -0.4 is 10.5 Å². The molecule has 0 spiro atoms. The van der Waals surface area contributed by atoms with E-state index >= 15 is 0 Å². The van der Waals surface area contributed by atoms with Crippen molar-refractivity contribution < 1.29 is 13.5 Å². The maximum absolute atomic E-state index is 13.6. The molecule has 0 radical (unpaired) electrons. The van der Waals surface area contributed by atoms with Crippen LogP contribution in [0.3, 0.4) is 0 Å². The normalized spacial score (nSPS) is 12.2. The molecule has 1 atom stereocenters. The van der Waals surface area contributed by atoms with E-state index in [4.69, 9.17) is 22.1 Å². The van der Waals surface area contributed by atoms with Crippen molar-refractivity contribution >= 4 is 11.6 Å². The molecular formula is C15H14ClF2NO. The molecular weight excluding hydrogens is 284 g/mol. The lowest BCUT2D eigenvalue weighted by Gasteiger charge is -2.14. The van der Waals surface area contributed by atoms with Gasteiger partial charge in [-0.2, -0.15) is 0 Å². The lowest BCUT2D eigenvalue weighted by atomic mass is 10.1. The van der Waals surface area contributed by atoms with Gasteiger partial charge in [-0.1, -0.05) is 17.7 Å². The molecule has 0 bridgehead atoms. The van der Waals surface area contributed by atoms with Gasteiger partial charge in [0.05, 0.1) is 0 Å². The van der Waals surface area contributed by atoms with E-state index in [1.54, 1.807) is 13.0 Å². The van der Waals surface area contributed by atoms with Crippen molar-refractivity contribution in [2.45, 2.75) is 19.6 Å². The lowest BCUT2D eigenvalue weighted by molar-refractivity contribution is 0.294. The Kier molecular flexibility index (Phi) is 4.57. The number of hydrogen-bond donors (Lipinski definition) is 1. The Bertz CT molecular complexity index is 617. The van der Waals surface area contributed by atoms with Gasteiger partial charge in [0.15, 0.2) is 0 Å². The summed E-state index contributed by atoms with van der Waals surface area (Å²) in [5.41, 5.74) is 6.75. The molecule has 0 heterocycles. The SMILES string of the molecule is C[C@H](N)c1ccc(F)cc1OCc1cc(Cl)ccc1F.